The summed E-state index contributed by atoms with van der Waals surface area (Å²) in [4.78, 5) is 12.1. The van der Waals surface area contributed by atoms with Crippen LogP contribution >= 0.6 is 0 Å². The molecule has 0 saturated heterocycles. The number of nitrogens with one attached hydrogen (secondary N) is 1. The van der Waals surface area contributed by atoms with Crippen molar-refractivity contribution in [2.75, 3.05) is 11.9 Å². The van der Waals surface area contributed by atoms with E-state index in [0.717, 1.165) is 35.2 Å². The summed E-state index contributed by atoms with van der Waals surface area (Å²) in [7, 11) is 0. The highest BCUT2D eigenvalue weighted by Crippen LogP contribution is 2.22. The first-order valence-electron chi connectivity index (χ1n) is 8.97. The fraction of sp³-hybridized carbons (Fsp3) is 0.286. The standard InChI is InChI=1S/C21H23N3O3/c1-4-5-20-23-24-21(27-20)16-6-8-18(9-7-16)26-13-19(25)22-17-11-14(2)10-15(3)12-17/h6-12H,4-5,13H2,1-3H3,(H,22,25). The van der Waals surface area contributed by atoms with Gasteiger partial charge in [-0.3, -0.25) is 4.79 Å². The lowest BCUT2D eigenvalue weighted by molar-refractivity contribution is -0.118. The van der Waals surface area contributed by atoms with E-state index in [1.54, 1.807) is 12.1 Å². The molecule has 3 rings (SSSR count). The van der Waals surface area contributed by atoms with Gasteiger partial charge in [0.25, 0.3) is 5.91 Å². The SMILES string of the molecule is CCCc1nnc(-c2ccc(OCC(=O)Nc3cc(C)cc(C)c3)cc2)o1. The van der Waals surface area contributed by atoms with E-state index in [9.17, 15) is 4.79 Å². The molecule has 1 N–H and O–H groups in total. The zero-order valence-electron chi connectivity index (χ0n) is 15.8. The lowest BCUT2D eigenvalue weighted by Crippen LogP contribution is -2.20. The number of amides is 1. The Kier molecular flexibility index (Phi) is 5.86. The minimum absolute atomic E-state index is 0.0620. The van der Waals surface area contributed by atoms with Crippen LogP contribution in [0.15, 0.2) is 46.9 Å². The summed E-state index contributed by atoms with van der Waals surface area (Å²) >= 11 is 0. The summed E-state index contributed by atoms with van der Waals surface area (Å²) < 4.78 is 11.2. The second kappa shape index (κ2) is 8.49. The number of rotatable bonds is 7. The van der Waals surface area contributed by atoms with Gasteiger partial charge in [-0.1, -0.05) is 13.0 Å². The Bertz CT molecular complexity index is 896. The summed E-state index contributed by atoms with van der Waals surface area (Å²) in [6.45, 7) is 5.99. The predicted molar refractivity (Wildman–Crippen MR) is 104 cm³/mol. The summed E-state index contributed by atoms with van der Waals surface area (Å²) in [6, 6.07) is 13.1. The molecule has 2 aromatic carbocycles. The highest BCUT2D eigenvalue weighted by molar-refractivity contribution is 5.92. The largest absolute Gasteiger partial charge is 0.484 e. The molecule has 1 heterocycles. The van der Waals surface area contributed by atoms with Gasteiger partial charge < -0.3 is 14.5 Å². The van der Waals surface area contributed by atoms with Crippen LogP contribution in [-0.2, 0) is 11.2 Å². The van der Waals surface area contributed by atoms with Crippen molar-refractivity contribution < 1.29 is 13.9 Å². The summed E-state index contributed by atoms with van der Waals surface area (Å²) in [6.07, 6.45) is 1.72. The molecule has 0 atom stereocenters. The molecule has 1 aromatic heterocycles. The molecule has 0 aliphatic carbocycles. The highest BCUT2D eigenvalue weighted by Gasteiger charge is 2.09. The number of hydrogen-bond donors (Lipinski definition) is 1. The number of aryl methyl sites for hydroxylation is 3. The van der Waals surface area contributed by atoms with Gasteiger partial charge in [0.15, 0.2) is 6.61 Å². The van der Waals surface area contributed by atoms with Gasteiger partial charge in [0.1, 0.15) is 5.75 Å². The third-order valence-corrected chi connectivity index (χ3v) is 3.91. The third kappa shape index (κ3) is 5.17. The average molecular weight is 365 g/mol. The van der Waals surface area contributed by atoms with E-state index in [0.29, 0.717) is 17.5 Å². The number of aromatic nitrogens is 2. The molecule has 0 aliphatic heterocycles. The number of nitrogens with zero attached hydrogens (tertiary/aromatic N) is 2. The molecule has 6 nitrogen and oxygen atoms in total. The van der Waals surface area contributed by atoms with Crippen LogP contribution in [0.2, 0.25) is 0 Å². The number of anilines is 1. The molecular formula is C21H23N3O3. The fourth-order valence-corrected chi connectivity index (χ4v) is 2.77. The zero-order chi connectivity index (χ0) is 19.2. The molecule has 140 valence electrons. The van der Waals surface area contributed by atoms with E-state index in [2.05, 4.69) is 28.5 Å². The maximum Gasteiger partial charge on any atom is 0.262 e. The maximum atomic E-state index is 12.1. The lowest BCUT2D eigenvalue weighted by atomic mass is 10.1. The molecule has 0 bridgehead atoms. The highest BCUT2D eigenvalue weighted by atomic mass is 16.5. The number of carbonyl (C=O) groups is 1. The van der Waals surface area contributed by atoms with E-state index in [1.165, 1.54) is 0 Å². The maximum absolute atomic E-state index is 12.1. The molecule has 0 radical (unpaired) electrons. The summed E-state index contributed by atoms with van der Waals surface area (Å²) in [5, 5.41) is 10.9. The Labute approximate surface area is 158 Å². The van der Waals surface area contributed by atoms with Crippen molar-refractivity contribution in [2.45, 2.75) is 33.6 Å². The smallest absolute Gasteiger partial charge is 0.262 e. The minimum Gasteiger partial charge on any atom is -0.484 e. The molecule has 0 fully saturated rings. The zero-order valence-corrected chi connectivity index (χ0v) is 15.8. The number of benzene rings is 2. The normalized spacial score (nSPS) is 10.6. The van der Waals surface area contributed by atoms with Crippen LogP contribution in [0.25, 0.3) is 11.5 Å². The van der Waals surface area contributed by atoms with Gasteiger partial charge in [-0.2, -0.15) is 0 Å². The first-order valence-corrected chi connectivity index (χ1v) is 8.97. The molecule has 0 aliphatic rings. The molecule has 0 spiro atoms. The Balaban J connectivity index is 1.55. The van der Waals surface area contributed by atoms with Crippen molar-refractivity contribution in [3.63, 3.8) is 0 Å². The number of carbonyl (C=O) groups excluding carboxylic acids is 1. The fourth-order valence-electron chi connectivity index (χ4n) is 2.77. The van der Waals surface area contributed by atoms with Crippen molar-refractivity contribution in [1.29, 1.82) is 0 Å². The Morgan fingerprint density at radius 2 is 1.78 bits per heavy atom. The summed E-state index contributed by atoms with van der Waals surface area (Å²) in [5.74, 6) is 1.52. The van der Waals surface area contributed by atoms with Gasteiger partial charge in [-0.15, -0.1) is 10.2 Å². The van der Waals surface area contributed by atoms with E-state index < -0.39 is 0 Å². The summed E-state index contributed by atoms with van der Waals surface area (Å²) in [5.41, 5.74) is 3.79. The number of hydrogen-bond acceptors (Lipinski definition) is 5. The van der Waals surface area contributed by atoms with Gasteiger partial charge in [-0.05, 0) is 67.8 Å². The molecule has 27 heavy (non-hydrogen) atoms. The van der Waals surface area contributed by atoms with Crippen LogP contribution in [0.5, 0.6) is 5.75 Å². The molecule has 0 saturated carbocycles. The van der Waals surface area contributed by atoms with E-state index in [1.807, 2.05) is 38.1 Å². The van der Waals surface area contributed by atoms with Crippen molar-refractivity contribution in [2.24, 2.45) is 0 Å². The quantitative estimate of drug-likeness (QED) is 0.674. The Hall–Kier alpha value is -3.15. The average Bonchev–Trinajstić information content (AvgIpc) is 3.08. The first kappa shape index (κ1) is 18.6. The monoisotopic (exact) mass is 365 g/mol. The predicted octanol–water partition coefficient (Wildman–Crippen LogP) is 4.32. The molecule has 0 unspecified atom stereocenters. The van der Waals surface area contributed by atoms with Gasteiger partial charge >= 0.3 is 0 Å². The van der Waals surface area contributed by atoms with E-state index in [-0.39, 0.29) is 12.5 Å². The van der Waals surface area contributed by atoms with Gasteiger partial charge in [-0.25, -0.2) is 0 Å². The van der Waals surface area contributed by atoms with Crippen LogP contribution in [0, 0.1) is 13.8 Å². The minimum atomic E-state index is -0.204. The van der Waals surface area contributed by atoms with Crippen molar-refractivity contribution >= 4 is 11.6 Å². The van der Waals surface area contributed by atoms with Gasteiger partial charge in [0.05, 0.1) is 0 Å². The second-order valence-corrected chi connectivity index (χ2v) is 6.49. The van der Waals surface area contributed by atoms with Gasteiger partial charge in [0, 0.05) is 17.7 Å². The van der Waals surface area contributed by atoms with Crippen LogP contribution in [-0.4, -0.2) is 22.7 Å². The molecule has 3 aromatic rings. The molecule has 1 amide bonds. The second-order valence-electron chi connectivity index (χ2n) is 6.49. The van der Waals surface area contributed by atoms with Crippen LogP contribution < -0.4 is 10.1 Å². The van der Waals surface area contributed by atoms with Gasteiger partial charge in [0.2, 0.25) is 11.8 Å². The van der Waals surface area contributed by atoms with E-state index >= 15 is 0 Å². The van der Waals surface area contributed by atoms with Crippen LogP contribution in [0.3, 0.4) is 0 Å². The molecule has 6 heteroatoms. The molecular weight excluding hydrogens is 342 g/mol. The van der Waals surface area contributed by atoms with Crippen molar-refractivity contribution in [3.05, 3.63) is 59.5 Å². The first-order chi connectivity index (χ1) is 13.0. The van der Waals surface area contributed by atoms with Crippen molar-refractivity contribution in [3.8, 4) is 17.2 Å². The topological polar surface area (TPSA) is 77.2 Å². The Morgan fingerprint density at radius 3 is 2.44 bits per heavy atom. The van der Waals surface area contributed by atoms with Crippen LogP contribution in [0.1, 0.15) is 30.4 Å². The van der Waals surface area contributed by atoms with E-state index in [4.69, 9.17) is 9.15 Å². The Morgan fingerprint density at radius 1 is 1.07 bits per heavy atom. The number of ether oxygens (including phenoxy) is 1. The van der Waals surface area contributed by atoms with Crippen LogP contribution in [0.4, 0.5) is 5.69 Å². The lowest BCUT2D eigenvalue weighted by Gasteiger charge is -2.09. The third-order valence-electron chi connectivity index (χ3n) is 3.91. The van der Waals surface area contributed by atoms with Crippen molar-refractivity contribution in [1.82, 2.24) is 10.2 Å².